The second-order valence-corrected chi connectivity index (χ2v) is 10.7. The first kappa shape index (κ1) is 24.0. The van der Waals surface area contributed by atoms with Crippen molar-refractivity contribution in [3.63, 3.8) is 0 Å². The molecule has 8 heteroatoms. The number of aromatic nitrogens is 2. The van der Waals surface area contributed by atoms with Gasteiger partial charge in [-0.25, -0.2) is 14.8 Å². The van der Waals surface area contributed by atoms with Gasteiger partial charge >= 0.3 is 5.97 Å². The lowest BCUT2D eigenvalue weighted by atomic mass is 9.86. The predicted molar refractivity (Wildman–Crippen MR) is 141 cm³/mol. The molecule has 0 amide bonds. The van der Waals surface area contributed by atoms with Crippen molar-refractivity contribution < 1.29 is 14.4 Å². The fourth-order valence-electron chi connectivity index (χ4n) is 4.01. The maximum atomic E-state index is 12.4. The van der Waals surface area contributed by atoms with Gasteiger partial charge in [0.2, 0.25) is 5.88 Å². The first-order chi connectivity index (χ1) is 17.4. The zero-order chi connectivity index (χ0) is 25.1. The Bertz CT molecular complexity index is 1360. The standard InChI is InChI=1S/C28H28N4O3S/c1-28(2,3)20-12-7-8-14-23(20)34-25-22(13-9-16-29-25)31-27-30-21-15-17-32(18-24(21)36-27)35-26(33)19-10-5-4-6-11-19/h4-14,16H,15,17-18H2,1-3H3,(H,30,31). The first-order valence-electron chi connectivity index (χ1n) is 11.9. The number of benzene rings is 2. The molecule has 0 saturated heterocycles. The molecule has 0 aliphatic carbocycles. The van der Waals surface area contributed by atoms with Crippen LogP contribution in [-0.4, -0.2) is 27.5 Å². The molecule has 184 valence electrons. The zero-order valence-electron chi connectivity index (χ0n) is 20.5. The maximum absolute atomic E-state index is 12.4. The molecule has 1 aliphatic rings. The third kappa shape index (κ3) is 5.40. The molecule has 2 aromatic heterocycles. The van der Waals surface area contributed by atoms with Crippen molar-refractivity contribution in [3.8, 4) is 11.6 Å². The summed E-state index contributed by atoms with van der Waals surface area (Å²) in [7, 11) is 0. The fourth-order valence-corrected chi connectivity index (χ4v) is 5.03. The average molecular weight is 501 g/mol. The minimum Gasteiger partial charge on any atom is -0.437 e. The molecule has 0 atom stereocenters. The summed E-state index contributed by atoms with van der Waals surface area (Å²) in [5, 5.41) is 5.83. The molecular weight excluding hydrogens is 472 g/mol. The highest BCUT2D eigenvalue weighted by Gasteiger charge is 2.25. The number of hydrogen-bond acceptors (Lipinski definition) is 8. The Morgan fingerprint density at radius 3 is 2.61 bits per heavy atom. The van der Waals surface area contributed by atoms with Gasteiger partial charge in [-0.1, -0.05) is 57.2 Å². The molecule has 2 aromatic carbocycles. The predicted octanol–water partition coefficient (Wildman–Crippen LogP) is 6.50. The number of nitrogens with zero attached hydrogens (tertiary/aromatic N) is 3. The number of rotatable bonds is 6. The van der Waals surface area contributed by atoms with E-state index in [-0.39, 0.29) is 11.4 Å². The Hall–Kier alpha value is -3.75. The molecule has 1 aliphatic heterocycles. The number of carbonyl (C=O) groups excluding carboxylic acids is 1. The number of para-hydroxylation sites is 1. The third-order valence-electron chi connectivity index (χ3n) is 5.83. The van der Waals surface area contributed by atoms with Gasteiger partial charge in [0, 0.05) is 29.6 Å². The van der Waals surface area contributed by atoms with E-state index in [0.29, 0.717) is 31.0 Å². The first-order valence-corrected chi connectivity index (χ1v) is 12.7. The maximum Gasteiger partial charge on any atom is 0.357 e. The summed E-state index contributed by atoms with van der Waals surface area (Å²) in [4.78, 5) is 28.4. The van der Waals surface area contributed by atoms with E-state index < -0.39 is 0 Å². The van der Waals surface area contributed by atoms with E-state index in [1.807, 2.05) is 48.5 Å². The van der Waals surface area contributed by atoms with Gasteiger partial charge in [-0.05, 0) is 35.7 Å². The second-order valence-electron chi connectivity index (χ2n) is 9.58. The molecule has 36 heavy (non-hydrogen) atoms. The molecule has 0 bridgehead atoms. The number of pyridine rings is 1. The average Bonchev–Trinajstić information content (AvgIpc) is 3.27. The third-order valence-corrected chi connectivity index (χ3v) is 6.83. The van der Waals surface area contributed by atoms with Crippen LogP contribution in [-0.2, 0) is 23.2 Å². The van der Waals surface area contributed by atoms with Crippen molar-refractivity contribution >= 4 is 28.1 Å². The molecule has 0 radical (unpaired) electrons. The van der Waals surface area contributed by atoms with Crippen LogP contribution in [0.1, 0.15) is 47.3 Å². The molecule has 5 rings (SSSR count). The highest BCUT2D eigenvalue weighted by Crippen LogP contribution is 2.37. The Labute approximate surface area is 214 Å². The summed E-state index contributed by atoms with van der Waals surface area (Å²) >= 11 is 1.54. The van der Waals surface area contributed by atoms with Crippen molar-refractivity contribution in [3.05, 3.63) is 94.6 Å². The van der Waals surface area contributed by atoms with Crippen LogP contribution in [0, 0.1) is 0 Å². The van der Waals surface area contributed by atoms with Crippen molar-refractivity contribution in [1.82, 2.24) is 15.0 Å². The van der Waals surface area contributed by atoms with Crippen LogP contribution in [0.4, 0.5) is 10.8 Å². The number of fused-ring (bicyclic) bond motifs is 1. The van der Waals surface area contributed by atoms with Gasteiger partial charge in [0.1, 0.15) is 11.4 Å². The normalized spacial score (nSPS) is 13.6. The monoisotopic (exact) mass is 500 g/mol. The molecule has 3 heterocycles. The summed E-state index contributed by atoms with van der Waals surface area (Å²) in [6.07, 6.45) is 2.41. The van der Waals surface area contributed by atoms with Crippen molar-refractivity contribution in [1.29, 1.82) is 0 Å². The van der Waals surface area contributed by atoms with Crippen LogP contribution in [0.25, 0.3) is 0 Å². The molecular formula is C28H28N4O3S. The highest BCUT2D eigenvalue weighted by atomic mass is 32.1. The minimum atomic E-state index is -0.352. The van der Waals surface area contributed by atoms with Crippen LogP contribution in [0.15, 0.2) is 72.9 Å². The van der Waals surface area contributed by atoms with E-state index in [1.54, 1.807) is 34.7 Å². The van der Waals surface area contributed by atoms with Crippen molar-refractivity contribution in [2.75, 3.05) is 11.9 Å². The van der Waals surface area contributed by atoms with Crippen LogP contribution < -0.4 is 10.1 Å². The van der Waals surface area contributed by atoms with Crippen LogP contribution >= 0.6 is 11.3 Å². The number of thiazole rings is 1. The number of nitrogens with one attached hydrogen (secondary N) is 1. The highest BCUT2D eigenvalue weighted by molar-refractivity contribution is 7.15. The molecule has 7 nitrogen and oxygen atoms in total. The Morgan fingerprint density at radius 1 is 1.03 bits per heavy atom. The lowest BCUT2D eigenvalue weighted by Gasteiger charge is -2.24. The summed E-state index contributed by atoms with van der Waals surface area (Å²) < 4.78 is 6.28. The van der Waals surface area contributed by atoms with Crippen molar-refractivity contribution in [2.45, 2.75) is 39.2 Å². The Kier molecular flexibility index (Phi) is 6.71. The Morgan fingerprint density at radius 2 is 1.81 bits per heavy atom. The summed E-state index contributed by atoms with van der Waals surface area (Å²) in [6, 6.07) is 20.8. The molecule has 0 fully saturated rings. The SMILES string of the molecule is CC(C)(C)c1ccccc1Oc1ncccc1Nc1nc2c(s1)CN(OC(=O)c1ccccc1)CC2. The molecule has 1 N–H and O–H groups in total. The van der Waals surface area contributed by atoms with Gasteiger partial charge in [-0.2, -0.15) is 0 Å². The van der Waals surface area contributed by atoms with Crippen LogP contribution in [0.5, 0.6) is 11.6 Å². The number of hydrogen-bond donors (Lipinski definition) is 1. The van der Waals surface area contributed by atoms with E-state index in [4.69, 9.17) is 14.6 Å². The molecule has 4 aromatic rings. The van der Waals surface area contributed by atoms with Crippen LogP contribution in [0.2, 0.25) is 0 Å². The van der Waals surface area contributed by atoms with Gasteiger partial charge in [-0.3, -0.25) is 0 Å². The number of ether oxygens (including phenoxy) is 1. The summed E-state index contributed by atoms with van der Waals surface area (Å²) in [5.41, 5.74) is 3.32. The van der Waals surface area contributed by atoms with E-state index in [2.05, 4.69) is 37.1 Å². The van der Waals surface area contributed by atoms with E-state index >= 15 is 0 Å². The molecule has 0 spiro atoms. The van der Waals surface area contributed by atoms with Gasteiger partial charge < -0.3 is 14.9 Å². The largest absolute Gasteiger partial charge is 0.437 e. The number of hydroxylamine groups is 2. The van der Waals surface area contributed by atoms with Crippen LogP contribution in [0.3, 0.4) is 0 Å². The van der Waals surface area contributed by atoms with E-state index in [0.717, 1.165) is 32.7 Å². The zero-order valence-corrected chi connectivity index (χ0v) is 21.3. The van der Waals surface area contributed by atoms with E-state index in [1.165, 1.54) is 0 Å². The molecule has 0 unspecified atom stereocenters. The lowest BCUT2D eigenvalue weighted by Crippen LogP contribution is -2.32. The van der Waals surface area contributed by atoms with Gasteiger partial charge in [-0.15, -0.1) is 16.4 Å². The fraction of sp³-hybridized carbons (Fsp3) is 0.250. The van der Waals surface area contributed by atoms with Gasteiger partial charge in [0.05, 0.1) is 17.8 Å². The smallest absolute Gasteiger partial charge is 0.357 e. The topological polar surface area (TPSA) is 76.6 Å². The number of anilines is 2. The lowest BCUT2D eigenvalue weighted by molar-refractivity contribution is -0.119. The Balaban J connectivity index is 1.30. The summed E-state index contributed by atoms with van der Waals surface area (Å²) in [5.74, 6) is 0.913. The summed E-state index contributed by atoms with van der Waals surface area (Å²) in [6.45, 7) is 7.58. The van der Waals surface area contributed by atoms with Gasteiger partial charge in [0.15, 0.2) is 5.13 Å². The molecule has 0 saturated carbocycles. The quantitative estimate of drug-likeness (QED) is 0.324. The van der Waals surface area contributed by atoms with Gasteiger partial charge in [0.25, 0.3) is 0 Å². The van der Waals surface area contributed by atoms with Crippen molar-refractivity contribution in [2.24, 2.45) is 0 Å². The minimum absolute atomic E-state index is 0.0663. The van der Waals surface area contributed by atoms with E-state index in [9.17, 15) is 4.79 Å². The second kappa shape index (κ2) is 10.1. The number of carbonyl (C=O) groups is 1.